The lowest BCUT2D eigenvalue weighted by atomic mass is 9.88. The molecule has 2 heteroatoms. The third-order valence-electron chi connectivity index (χ3n) is 3.85. The molecule has 1 saturated heterocycles. The number of rotatable bonds is 4. The predicted molar refractivity (Wildman–Crippen MR) is 64.0 cm³/mol. The van der Waals surface area contributed by atoms with Crippen molar-refractivity contribution in [1.82, 2.24) is 4.90 Å². The maximum absolute atomic E-state index is 11.1. The van der Waals surface area contributed by atoms with Gasteiger partial charge >= 0.3 is 0 Å². The molecule has 0 N–H and O–H groups in total. The number of carbonyl (C=O) groups is 1. The second-order valence-electron chi connectivity index (χ2n) is 5.29. The average Bonchev–Trinajstić information content (AvgIpc) is 2.44. The van der Waals surface area contributed by atoms with Crippen LogP contribution < -0.4 is 0 Å². The number of nitrogens with zero attached hydrogens (tertiary/aromatic N) is 1. The molecule has 0 radical (unpaired) electrons. The number of hydrogen-bond acceptors (Lipinski definition) is 2. The Morgan fingerprint density at radius 2 is 2.13 bits per heavy atom. The quantitative estimate of drug-likeness (QED) is 0.666. The van der Waals surface area contributed by atoms with Crippen molar-refractivity contribution in [1.29, 1.82) is 0 Å². The van der Waals surface area contributed by atoms with E-state index >= 15 is 0 Å². The van der Waals surface area contributed by atoms with Crippen LogP contribution in [0, 0.1) is 5.41 Å². The normalized spacial score (nSPS) is 28.1. The van der Waals surface area contributed by atoms with E-state index in [1.54, 1.807) is 0 Å². The maximum atomic E-state index is 11.1. The molecule has 0 aliphatic carbocycles. The molecule has 1 aliphatic heterocycles. The highest BCUT2D eigenvalue weighted by Crippen LogP contribution is 2.24. The van der Waals surface area contributed by atoms with E-state index in [1.807, 2.05) is 0 Å². The fourth-order valence-corrected chi connectivity index (χ4v) is 2.27. The highest BCUT2D eigenvalue weighted by atomic mass is 16.1. The van der Waals surface area contributed by atoms with E-state index in [0.717, 1.165) is 19.3 Å². The van der Waals surface area contributed by atoms with E-state index in [4.69, 9.17) is 0 Å². The van der Waals surface area contributed by atoms with Crippen molar-refractivity contribution < 1.29 is 4.79 Å². The molecule has 2 unspecified atom stereocenters. The fourth-order valence-electron chi connectivity index (χ4n) is 2.27. The summed E-state index contributed by atoms with van der Waals surface area (Å²) >= 11 is 0. The first-order chi connectivity index (χ1) is 7.11. The van der Waals surface area contributed by atoms with Crippen LogP contribution in [-0.2, 0) is 4.79 Å². The summed E-state index contributed by atoms with van der Waals surface area (Å²) in [5.74, 6) is 0. The first-order valence-electron chi connectivity index (χ1n) is 6.31. The van der Waals surface area contributed by atoms with Gasteiger partial charge < -0.3 is 4.79 Å². The molecule has 15 heavy (non-hydrogen) atoms. The van der Waals surface area contributed by atoms with Gasteiger partial charge in [0.15, 0.2) is 0 Å². The minimum absolute atomic E-state index is 0.140. The average molecular weight is 211 g/mol. The van der Waals surface area contributed by atoms with E-state index in [1.165, 1.54) is 32.2 Å². The van der Waals surface area contributed by atoms with Crippen LogP contribution in [0.2, 0.25) is 0 Å². The second kappa shape index (κ2) is 5.64. The molecule has 2 atom stereocenters. The van der Waals surface area contributed by atoms with E-state index < -0.39 is 0 Å². The third-order valence-corrected chi connectivity index (χ3v) is 3.85. The van der Waals surface area contributed by atoms with Crippen molar-refractivity contribution in [2.24, 2.45) is 5.41 Å². The van der Waals surface area contributed by atoms with Crippen LogP contribution in [0.5, 0.6) is 0 Å². The monoisotopic (exact) mass is 211 g/mol. The van der Waals surface area contributed by atoms with Crippen LogP contribution in [0.3, 0.4) is 0 Å². The van der Waals surface area contributed by atoms with Crippen LogP contribution in [0.4, 0.5) is 0 Å². The van der Waals surface area contributed by atoms with Gasteiger partial charge in [-0.25, -0.2) is 0 Å². The summed E-state index contributed by atoms with van der Waals surface area (Å²) < 4.78 is 0. The highest BCUT2D eigenvalue weighted by molar-refractivity contribution is 5.58. The summed E-state index contributed by atoms with van der Waals surface area (Å²) in [6, 6.07) is 0.651. The van der Waals surface area contributed by atoms with E-state index in [9.17, 15) is 4.79 Å². The topological polar surface area (TPSA) is 20.3 Å². The standard InChI is InChI=1S/C13H25NO/c1-4-13(3,11-15)10-14-9-7-5-6-8-12(14)2/h11-12H,4-10H2,1-3H3. The highest BCUT2D eigenvalue weighted by Gasteiger charge is 2.27. The summed E-state index contributed by atoms with van der Waals surface area (Å²) in [6.45, 7) is 8.60. The lowest BCUT2D eigenvalue weighted by Crippen LogP contribution is -2.41. The van der Waals surface area contributed by atoms with Crippen molar-refractivity contribution in [3.8, 4) is 0 Å². The summed E-state index contributed by atoms with van der Waals surface area (Å²) in [5.41, 5.74) is -0.140. The van der Waals surface area contributed by atoms with Gasteiger partial charge in [0.05, 0.1) is 0 Å². The van der Waals surface area contributed by atoms with Crippen molar-refractivity contribution >= 4 is 6.29 Å². The Bertz CT molecular complexity index is 205. The number of carbonyl (C=O) groups excluding carboxylic acids is 1. The Kier molecular flexibility index (Phi) is 4.78. The van der Waals surface area contributed by atoms with Crippen LogP contribution in [0.1, 0.15) is 52.9 Å². The molecule has 88 valence electrons. The molecule has 0 saturated carbocycles. The minimum atomic E-state index is -0.140. The smallest absolute Gasteiger partial charge is 0.127 e. The fraction of sp³-hybridized carbons (Fsp3) is 0.923. The zero-order chi connectivity index (χ0) is 11.3. The molecule has 0 aromatic carbocycles. The van der Waals surface area contributed by atoms with Crippen LogP contribution >= 0.6 is 0 Å². The van der Waals surface area contributed by atoms with Gasteiger partial charge in [-0.1, -0.05) is 26.7 Å². The molecule has 1 aliphatic rings. The zero-order valence-corrected chi connectivity index (χ0v) is 10.5. The first kappa shape index (κ1) is 12.7. The maximum Gasteiger partial charge on any atom is 0.127 e. The largest absolute Gasteiger partial charge is 0.303 e. The summed E-state index contributed by atoms with van der Waals surface area (Å²) in [7, 11) is 0. The predicted octanol–water partition coefficient (Wildman–Crippen LogP) is 2.87. The van der Waals surface area contributed by atoms with Gasteiger partial charge in [0, 0.05) is 18.0 Å². The van der Waals surface area contributed by atoms with E-state index in [0.29, 0.717) is 6.04 Å². The summed E-state index contributed by atoms with van der Waals surface area (Å²) in [4.78, 5) is 13.6. The molecule has 1 heterocycles. The Morgan fingerprint density at radius 3 is 2.73 bits per heavy atom. The molecule has 0 aromatic heterocycles. The molecule has 0 aromatic rings. The first-order valence-corrected chi connectivity index (χ1v) is 6.31. The van der Waals surface area contributed by atoms with Crippen LogP contribution in [-0.4, -0.2) is 30.3 Å². The van der Waals surface area contributed by atoms with Crippen molar-refractivity contribution in [2.75, 3.05) is 13.1 Å². The van der Waals surface area contributed by atoms with Crippen molar-refractivity contribution in [2.45, 2.75) is 58.9 Å². The van der Waals surface area contributed by atoms with Gasteiger partial charge in [-0.3, -0.25) is 4.90 Å². The van der Waals surface area contributed by atoms with Gasteiger partial charge in [-0.15, -0.1) is 0 Å². The molecular weight excluding hydrogens is 186 g/mol. The van der Waals surface area contributed by atoms with Crippen molar-refractivity contribution in [3.63, 3.8) is 0 Å². The number of aldehydes is 1. The SMILES string of the molecule is CCC(C)(C=O)CN1CCCCCC1C. The lowest BCUT2D eigenvalue weighted by Gasteiger charge is -2.34. The van der Waals surface area contributed by atoms with Gasteiger partial charge in [-0.2, -0.15) is 0 Å². The third kappa shape index (κ3) is 3.60. The minimum Gasteiger partial charge on any atom is -0.303 e. The number of hydrogen-bond donors (Lipinski definition) is 0. The Hall–Kier alpha value is -0.370. The Balaban J connectivity index is 2.57. The van der Waals surface area contributed by atoms with Gasteiger partial charge in [0.1, 0.15) is 6.29 Å². The molecule has 1 fully saturated rings. The second-order valence-corrected chi connectivity index (χ2v) is 5.29. The Morgan fingerprint density at radius 1 is 1.40 bits per heavy atom. The molecule has 0 amide bonds. The van der Waals surface area contributed by atoms with Gasteiger partial charge in [0.2, 0.25) is 0 Å². The van der Waals surface area contributed by atoms with Crippen LogP contribution in [0.15, 0.2) is 0 Å². The van der Waals surface area contributed by atoms with E-state index in [-0.39, 0.29) is 5.41 Å². The summed E-state index contributed by atoms with van der Waals surface area (Å²) in [6.07, 6.45) is 7.37. The van der Waals surface area contributed by atoms with Gasteiger partial charge in [0.25, 0.3) is 0 Å². The van der Waals surface area contributed by atoms with Crippen molar-refractivity contribution in [3.05, 3.63) is 0 Å². The number of likely N-dealkylation sites (tertiary alicyclic amines) is 1. The molecule has 2 nitrogen and oxygen atoms in total. The molecule has 0 bridgehead atoms. The molecule has 0 spiro atoms. The van der Waals surface area contributed by atoms with Gasteiger partial charge in [-0.05, 0) is 32.7 Å². The molecule has 1 rings (SSSR count). The van der Waals surface area contributed by atoms with Crippen LogP contribution in [0.25, 0.3) is 0 Å². The molecular formula is C13H25NO. The van der Waals surface area contributed by atoms with E-state index in [2.05, 4.69) is 25.7 Å². The Labute approximate surface area is 94.0 Å². The zero-order valence-electron chi connectivity index (χ0n) is 10.5. The lowest BCUT2D eigenvalue weighted by molar-refractivity contribution is -0.116. The summed E-state index contributed by atoms with van der Waals surface area (Å²) in [5, 5.41) is 0.